The first-order valence-electron chi connectivity index (χ1n) is 10.5. The third-order valence-electron chi connectivity index (χ3n) is 5.30. The molecule has 0 atom stereocenters. The van der Waals surface area contributed by atoms with Crippen molar-refractivity contribution in [2.75, 3.05) is 7.11 Å². The highest BCUT2D eigenvalue weighted by molar-refractivity contribution is 7.15. The Balaban J connectivity index is 1.47. The number of para-hydroxylation sites is 1. The highest BCUT2D eigenvalue weighted by Crippen LogP contribution is 2.26. The van der Waals surface area contributed by atoms with Gasteiger partial charge in [0.2, 0.25) is 0 Å². The number of thiazole rings is 1. The molecule has 0 amide bonds. The molecule has 3 aromatic heterocycles. The van der Waals surface area contributed by atoms with Crippen molar-refractivity contribution in [2.24, 2.45) is 0 Å². The van der Waals surface area contributed by atoms with Crippen molar-refractivity contribution >= 4 is 22.3 Å². The number of hydrogen-bond donors (Lipinski definition) is 0. The van der Waals surface area contributed by atoms with Gasteiger partial charge in [-0.3, -0.25) is 9.20 Å². The van der Waals surface area contributed by atoms with Gasteiger partial charge in [-0.05, 0) is 43.3 Å². The molecular weight excluding hydrogens is 452 g/mol. The van der Waals surface area contributed by atoms with Crippen LogP contribution in [0.5, 0.6) is 5.75 Å². The summed E-state index contributed by atoms with van der Waals surface area (Å²) >= 11 is 1.36. The number of rotatable bonds is 6. The maximum absolute atomic E-state index is 13.1. The van der Waals surface area contributed by atoms with E-state index in [4.69, 9.17) is 9.47 Å². The number of carbonyl (C=O) groups is 1. The lowest BCUT2D eigenvalue weighted by Crippen LogP contribution is -2.16. The van der Waals surface area contributed by atoms with Gasteiger partial charge in [0.25, 0.3) is 5.56 Å². The van der Waals surface area contributed by atoms with E-state index in [0.717, 1.165) is 16.9 Å². The number of hydrogen-bond acceptors (Lipinski definition) is 7. The van der Waals surface area contributed by atoms with Crippen LogP contribution in [0.3, 0.4) is 0 Å². The van der Waals surface area contributed by atoms with Gasteiger partial charge in [0, 0.05) is 28.9 Å². The van der Waals surface area contributed by atoms with Crippen LogP contribution in [0.4, 0.5) is 0 Å². The zero-order valence-electron chi connectivity index (χ0n) is 18.5. The first kappa shape index (κ1) is 21.6. The molecule has 0 aliphatic carbocycles. The largest absolute Gasteiger partial charge is 0.497 e. The van der Waals surface area contributed by atoms with Crippen LogP contribution in [0.25, 0.3) is 21.9 Å². The molecule has 0 bridgehead atoms. The van der Waals surface area contributed by atoms with E-state index in [0.29, 0.717) is 27.7 Å². The van der Waals surface area contributed by atoms with Crippen molar-refractivity contribution in [1.82, 2.24) is 19.2 Å². The molecule has 0 fully saturated rings. The number of esters is 1. The second-order valence-electron chi connectivity index (χ2n) is 7.56. The normalized spacial score (nSPS) is 11.0. The summed E-state index contributed by atoms with van der Waals surface area (Å²) in [7, 11) is 1.59. The zero-order chi connectivity index (χ0) is 23.7. The van der Waals surface area contributed by atoms with Gasteiger partial charge in [-0.2, -0.15) is 5.10 Å². The summed E-state index contributed by atoms with van der Waals surface area (Å²) in [5.41, 5.74) is 3.34. The third kappa shape index (κ3) is 4.08. The lowest BCUT2D eigenvalue weighted by atomic mass is 10.1. The number of fused-ring (bicyclic) bond motifs is 1. The van der Waals surface area contributed by atoms with Crippen LogP contribution in [0.15, 0.2) is 77.0 Å². The van der Waals surface area contributed by atoms with E-state index in [9.17, 15) is 9.59 Å². The molecule has 9 heteroatoms. The molecule has 5 aromatic rings. The predicted molar refractivity (Wildman–Crippen MR) is 129 cm³/mol. The number of nitrogens with zero attached hydrogens (tertiary/aromatic N) is 4. The minimum absolute atomic E-state index is 0.125. The van der Waals surface area contributed by atoms with Gasteiger partial charge in [-0.15, -0.1) is 11.3 Å². The maximum Gasteiger partial charge on any atom is 0.342 e. The van der Waals surface area contributed by atoms with Crippen molar-refractivity contribution in [1.29, 1.82) is 0 Å². The summed E-state index contributed by atoms with van der Waals surface area (Å²) in [4.78, 5) is 30.5. The van der Waals surface area contributed by atoms with Crippen molar-refractivity contribution in [3.05, 3.63) is 99.5 Å². The van der Waals surface area contributed by atoms with Crippen LogP contribution in [0, 0.1) is 6.92 Å². The number of benzene rings is 2. The summed E-state index contributed by atoms with van der Waals surface area (Å²) in [5, 5.41) is 6.51. The molecule has 0 radical (unpaired) electrons. The molecule has 0 aliphatic rings. The third-order valence-corrected chi connectivity index (χ3v) is 6.24. The first-order valence-corrected chi connectivity index (χ1v) is 11.3. The lowest BCUT2D eigenvalue weighted by molar-refractivity contribution is 0.0468. The van der Waals surface area contributed by atoms with Crippen molar-refractivity contribution in [3.63, 3.8) is 0 Å². The molecule has 0 aliphatic heterocycles. The van der Waals surface area contributed by atoms with Crippen molar-refractivity contribution < 1.29 is 14.3 Å². The van der Waals surface area contributed by atoms with Crippen molar-refractivity contribution in [2.45, 2.75) is 13.5 Å². The van der Waals surface area contributed by atoms with Crippen LogP contribution in [0.2, 0.25) is 0 Å². The quantitative estimate of drug-likeness (QED) is 0.343. The van der Waals surface area contributed by atoms with Gasteiger partial charge < -0.3 is 9.47 Å². The zero-order valence-corrected chi connectivity index (χ0v) is 19.3. The van der Waals surface area contributed by atoms with E-state index >= 15 is 0 Å². The predicted octanol–water partition coefficient (Wildman–Crippen LogP) is 4.28. The first-order chi connectivity index (χ1) is 16.5. The van der Waals surface area contributed by atoms with E-state index in [1.807, 2.05) is 66.9 Å². The minimum atomic E-state index is -0.558. The maximum atomic E-state index is 13.1. The minimum Gasteiger partial charge on any atom is -0.497 e. The Morgan fingerprint density at radius 3 is 2.59 bits per heavy atom. The molecule has 0 spiro atoms. The van der Waals surface area contributed by atoms with Crippen LogP contribution in [0.1, 0.15) is 21.7 Å². The molecule has 3 heterocycles. The number of aromatic nitrogens is 4. The smallest absolute Gasteiger partial charge is 0.342 e. The van der Waals surface area contributed by atoms with Crippen LogP contribution in [-0.4, -0.2) is 32.2 Å². The SMILES string of the molecule is COc1ccc(-c2nn(-c3ccccc3)cc2C(=O)OCc2cc(=O)n3c(C)csc3n2)cc1. The fraction of sp³-hybridized carbons (Fsp3) is 0.120. The molecule has 2 aromatic carbocycles. The summed E-state index contributed by atoms with van der Waals surface area (Å²) in [6.07, 6.45) is 1.64. The molecule has 170 valence electrons. The number of ether oxygens (including phenoxy) is 2. The molecule has 0 unspecified atom stereocenters. The topological polar surface area (TPSA) is 87.7 Å². The van der Waals surface area contributed by atoms with E-state index in [2.05, 4.69) is 10.1 Å². The highest BCUT2D eigenvalue weighted by Gasteiger charge is 2.21. The van der Waals surface area contributed by atoms with Crippen LogP contribution < -0.4 is 10.3 Å². The fourth-order valence-electron chi connectivity index (χ4n) is 3.59. The molecule has 0 saturated heterocycles. The fourth-order valence-corrected chi connectivity index (χ4v) is 4.48. The van der Waals surface area contributed by atoms with Gasteiger partial charge in [-0.25, -0.2) is 14.5 Å². The van der Waals surface area contributed by atoms with Crippen molar-refractivity contribution in [3.8, 4) is 22.7 Å². The molecule has 34 heavy (non-hydrogen) atoms. The Bertz CT molecular complexity index is 1540. The average Bonchev–Trinajstić information content (AvgIpc) is 3.48. The number of carbonyl (C=O) groups excluding carboxylic acids is 1. The standard InChI is InChI=1S/C25H20N4O4S/c1-16-15-34-25-26-18(12-22(30)29(16)25)14-33-24(31)21-13-28(19-6-4-3-5-7-19)27-23(21)17-8-10-20(32-2)11-9-17/h3-13,15H,14H2,1-2H3. The highest BCUT2D eigenvalue weighted by atomic mass is 32.1. The summed E-state index contributed by atoms with van der Waals surface area (Å²) in [6.45, 7) is 1.72. The van der Waals surface area contributed by atoms with Gasteiger partial charge in [0.05, 0.1) is 18.5 Å². The molecule has 5 rings (SSSR count). The summed E-state index contributed by atoms with van der Waals surface area (Å²) in [5.74, 6) is 0.143. The lowest BCUT2D eigenvalue weighted by Gasteiger charge is -2.06. The van der Waals surface area contributed by atoms with Crippen LogP contribution in [-0.2, 0) is 11.3 Å². The molecule has 0 N–H and O–H groups in total. The van der Waals surface area contributed by atoms with E-state index in [1.54, 1.807) is 18.0 Å². The number of methoxy groups -OCH3 is 1. The average molecular weight is 473 g/mol. The van der Waals surface area contributed by atoms with E-state index in [1.165, 1.54) is 21.8 Å². The Morgan fingerprint density at radius 2 is 1.85 bits per heavy atom. The van der Waals surface area contributed by atoms with Gasteiger partial charge in [0.15, 0.2) is 4.96 Å². The van der Waals surface area contributed by atoms with E-state index < -0.39 is 5.97 Å². The second kappa shape index (κ2) is 8.95. The Labute approximate surface area is 198 Å². The molecule has 0 saturated carbocycles. The second-order valence-corrected chi connectivity index (χ2v) is 8.39. The number of aryl methyl sites for hydroxylation is 1. The Kier molecular flexibility index (Phi) is 5.69. The molecule has 8 nitrogen and oxygen atoms in total. The van der Waals surface area contributed by atoms with E-state index in [-0.39, 0.29) is 12.2 Å². The summed E-state index contributed by atoms with van der Waals surface area (Å²) in [6, 6.07) is 18.2. The Hall–Kier alpha value is -4.24. The van der Waals surface area contributed by atoms with Gasteiger partial charge in [0.1, 0.15) is 23.6 Å². The molecular formula is C25H20N4O4S. The van der Waals surface area contributed by atoms with Gasteiger partial charge >= 0.3 is 5.97 Å². The Morgan fingerprint density at radius 1 is 1.09 bits per heavy atom. The van der Waals surface area contributed by atoms with Gasteiger partial charge in [-0.1, -0.05) is 18.2 Å². The van der Waals surface area contributed by atoms with Crippen LogP contribution >= 0.6 is 11.3 Å². The summed E-state index contributed by atoms with van der Waals surface area (Å²) < 4.78 is 14.0. The monoisotopic (exact) mass is 472 g/mol.